The van der Waals surface area contributed by atoms with Crippen LogP contribution in [0.2, 0.25) is 0 Å². The van der Waals surface area contributed by atoms with Crippen molar-refractivity contribution in [3.63, 3.8) is 0 Å². The smallest absolute Gasteiger partial charge is 0.338 e. The second kappa shape index (κ2) is 5.11. The van der Waals surface area contributed by atoms with Gasteiger partial charge in [-0.05, 0) is 24.6 Å². The van der Waals surface area contributed by atoms with Gasteiger partial charge in [-0.2, -0.15) is 5.26 Å². The van der Waals surface area contributed by atoms with Gasteiger partial charge in [0.1, 0.15) is 5.82 Å². The maximum absolute atomic E-state index is 12.9. The van der Waals surface area contributed by atoms with Crippen molar-refractivity contribution in [2.24, 2.45) is 0 Å². The normalized spacial score (nSPS) is 9.40. The number of nitrogens with zero attached hydrogens (tertiary/aromatic N) is 1. The maximum atomic E-state index is 12.9. The number of carbonyl (C=O) groups excluding carboxylic acids is 1. The van der Waals surface area contributed by atoms with Crippen LogP contribution in [0.15, 0.2) is 18.2 Å². The van der Waals surface area contributed by atoms with Gasteiger partial charge in [-0.3, -0.25) is 0 Å². The number of esters is 1. The first-order valence-electron chi connectivity index (χ1n) is 4.51. The van der Waals surface area contributed by atoms with Crippen LogP contribution in [0.3, 0.4) is 0 Å². The lowest BCUT2D eigenvalue weighted by molar-refractivity contribution is 0.0524. The zero-order valence-electron chi connectivity index (χ0n) is 8.29. The van der Waals surface area contributed by atoms with Gasteiger partial charge < -0.3 is 4.74 Å². The lowest BCUT2D eigenvalue weighted by atomic mass is 10.1. The number of rotatable bonds is 3. The third-order valence-corrected chi connectivity index (χ3v) is 1.84. The Morgan fingerprint density at radius 1 is 1.60 bits per heavy atom. The number of hydrogen-bond acceptors (Lipinski definition) is 3. The van der Waals surface area contributed by atoms with Crippen LogP contribution in [0.1, 0.15) is 22.8 Å². The van der Waals surface area contributed by atoms with E-state index in [1.807, 2.05) is 6.07 Å². The molecule has 4 heteroatoms. The minimum Gasteiger partial charge on any atom is -0.462 e. The minimum absolute atomic E-state index is 0.0639. The quantitative estimate of drug-likeness (QED) is 0.713. The van der Waals surface area contributed by atoms with E-state index in [0.29, 0.717) is 5.56 Å². The third kappa shape index (κ3) is 2.78. The molecule has 1 rings (SSSR count). The van der Waals surface area contributed by atoms with Crippen LogP contribution in [0.4, 0.5) is 4.39 Å². The molecule has 0 bridgehead atoms. The fourth-order valence-electron chi connectivity index (χ4n) is 1.19. The van der Waals surface area contributed by atoms with Crippen LogP contribution in [0.5, 0.6) is 0 Å². The molecule has 0 aliphatic rings. The predicted molar refractivity (Wildman–Crippen MR) is 51.7 cm³/mol. The van der Waals surface area contributed by atoms with Gasteiger partial charge in [-0.15, -0.1) is 0 Å². The molecule has 0 atom stereocenters. The molecule has 1 aromatic carbocycles. The summed E-state index contributed by atoms with van der Waals surface area (Å²) in [5, 5.41) is 8.53. The van der Waals surface area contributed by atoms with Crippen molar-refractivity contribution in [3.8, 4) is 6.07 Å². The minimum atomic E-state index is -0.595. The van der Waals surface area contributed by atoms with Gasteiger partial charge in [0.05, 0.1) is 24.7 Å². The van der Waals surface area contributed by atoms with E-state index in [0.717, 1.165) is 6.07 Å². The van der Waals surface area contributed by atoms with Crippen LogP contribution >= 0.6 is 0 Å². The molecular weight excluding hydrogens is 197 g/mol. The molecule has 0 aliphatic carbocycles. The summed E-state index contributed by atoms with van der Waals surface area (Å²) in [6.07, 6.45) is 0.0639. The standard InChI is InChI=1S/C11H10FNO2/c1-2-15-11(14)10-7-9(12)4-3-8(10)5-6-13/h3-4,7H,2,5H2,1H3. The highest BCUT2D eigenvalue weighted by molar-refractivity contribution is 5.91. The van der Waals surface area contributed by atoms with Gasteiger partial charge in [0, 0.05) is 0 Å². The number of carbonyl (C=O) groups is 1. The van der Waals surface area contributed by atoms with Gasteiger partial charge >= 0.3 is 5.97 Å². The summed E-state index contributed by atoms with van der Waals surface area (Å²) < 4.78 is 17.7. The van der Waals surface area contributed by atoms with Crippen LogP contribution in [0.25, 0.3) is 0 Å². The van der Waals surface area contributed by atoms with E-state index in [9.17, 15) is 9.18 Å². The Morgan fingerprint density at radius 3 is 2.93 bits per heavy atom. The topological polar surface area (TPSA) is 50.1 Å². The SMILES string of the molecule is CCOC(=O)c1cc(F)ccc1CC#N. The molecule has 1 aromatic rings. The zero-order chi connectivity index (χ0) is 11.3. The van der Waals surface area contributed by atoms with E-state index in [1.165, 1.54) is 12.1 Å². The molecule has 0 N–H and O–H groups in total. The molecule has 15 heavy (non-hydrogen) atoms. The molecule has 0 aliphatic heterocycles. The summed E-state index contributed by atoms with van der Waals surface area (Å²) >= 11 is 0. The Bertz CT molecular complexity index is 410. The molecule has 0 unspecified atom stereocenters. The second-order valence-electron chi connectivity index (χ2n) is 2.86. The first-order valence-corrected chi connectivity index (χ1v) is 4.51. The van der Waals surface area contributed by atoms with Crippen molar-refractivity contribution in [1.29, 1.82) is 5.26 Å². The number of ether oxygens (including phenoxy) is 1. The molecule has 0 saturated carbocycles. The summed E-state index contributed by atoms with van der Waals surface area (Å²) in [6.45, 7) is 1.89. The number of hydrogen-bond donors (Lipinski definition) is 0. The van der Waals surface area contributed by atoms with E-state index >= 15 is 0 Å². The highest BCUT2D eigenvalue weighted by atomic mass is 19.1. The Morgan fingerprint density at radius 2 is 2.33 bits per heavy atom. The van der Waals surface area contributed by atoms with E-state index in [-0.39, 0.29) is 18.6 Å². The van der Waals surface area contributed by atoms with E-state index in [1.54, 1.807) is 6.92 Å². The second-order valence-corrected chi connectivity index (χ2v) is 2.86. The Labute approximate surface area is 87.1 Å². The van der Waals surface area contributed by atoms with Crippen molar-refractivity contribution < 1.29 is 13.9 Å². The van der Waals surface area contributed by atoms with Gasteiger partial charge in [0.2, 0.25) is 0 Å². The van der Waals surface area contributed by atoms with Crippen LogP contribution in [0, 0.1) is 17.1 Å². The Kier molecular flexibility index (Phi) is 3.81. The molecule has 0 radical (unpaired) electrons. The van der Waals surface area contributed by atoms with Crippen LogP contribution in [-0.2, 0) is 11.2 Å². The summed E-state index contributed by atoms with van der Waals surface area (Å²) in [5.41, 5.74) is 0.607. The molecule has 78 valence electrons. The van der Waals surface area contributed by atoms with Crippen molar-refractivity contribution in [2.75, 3.05) is 6.61 Å². The predicted octanol–water partition coefficient (Wildman–Crippen LogP) is 2.07. The summed E-state index contributed by atoms with van der Waals surface area (Å²) in [6, 6.07) is 5.64. The summed E-state index contributed by atoms with van der Waals surface area (Å²) in [5.74, 6) is -1.11. The van der Waals surface area contributed by atoms with E-state index < -0.39 is 11.8 Å². The van der Waals surface area contributed by atoms with E-state index in [2.05, 4.69) is 0 Å². The summed E-state index contributed by atoms with van der Waals surface area (Å²) in [4.78, 5) is 11.4. The highest BCUT2D eigenvalue weighted by Crippen LogP contribution is 2.13. The van der Waals surface area contributed by atoms with Gasteiger partial charge in [0.25, 0.3) is 0 Å². The molecule has 3 nitrogen and oxygen atoms in total. The Balaban J connectivity index is 3.07. The first-order chi connectivity index (χ1) is 7.19. The summed E-state index contributed by atoms with van der Waals surface area (Å²) in [7, 11) is 0. The third-order valence-electron chi connectivity index (χ3n) is 1.84. The van der Waals surface area contributed by atoms with Crippen molar-refractivity contribution in [2.45, 2.75) is 13.3 Å². The van der Waals surface area contributed by atoms with Crippen molar-refractivity contribution in [1.82, 2.24) is 0 Å². The molecule has 0 aromatic heterocycles. The molecule has 0 amide bonds. The van der Waals surface area contributed by atoms with E-state index in [4.69, 9.17) is 10.00 Å². The average Bonchev–Trinajstić information content (AvgIpc) is 2.21. The molecular formula is C11H10FNO2. The fourth-order valence-corrected chi connectivity index (χ4v) is 1.19. The lowest BCUT2D eigenvalue weighted by Gasteiger charge is -2.05. The number of benzene rings is 1. The maximum Gasteiger partial charge on any atom is 0.338 e. The van der Waals surface area contributed by atoms with Crippen molar-refractivity contribution in [3.05, 3.63) is 35.1 Å². The molecule has 0 heterocycles. The van der Waals surface area contributed by atoms with Gasteiger partial charge in [-0.1, -0.05) is 6.07 Å². The van der Waals surface area contributed by atoms with Crippen LogP contribution in [-0.4, -0.2) is 12.6 Å². The number of halogens is 1. The van der Waals surface area contributed by atoms with Gasteiger partial charge in [-0.25, -0.2) is 9.18 Å². The largest absolute Gasteiger partial charge is 0.462 e. The van der Waals surface area contributed by atoms with Gasteiger partial charge in [0.15, 0.2) is 0 Å². The zero-order valence-corrected chi connectivity index (χ0v) is 8.29. The highest BCUT2D eigenvalue weighted by Gasteiger charge is 2.13. The first kappa shape index (κ1) is 11.2. The molecule has 0 saturated heterocycles. The lowest BCUT2D eigenvalue weighted by Crippen LogP contribution is -2.08. The molecule has 0 spiro atoms. The van der Waals surface area contributed by atoms with Crippen molar-refractivity contribution >= 4 is 5.97 Å². The average molecular weight is 207 g/mol. The monoisotopic (exact) mass is 207 g/mol. The Hall–Kier alpha value is -1.89. The van der Waals surface area contributed by atoms with Crippen LogP contribution < -0.4 is 0 Å². The fraction of sp³-hybridized carbons (Fsp3) is 0.273. The number of nitriles is 1. The molecule has 0 fully saturated rings.